The van der Waals surface area contributed by atoms with E-state index in [4.69, 9.17) is 16.3 Å². The number of nitrogens with one attached hydrogen (secondary N) is 1. The van der Waals surface area contributed by atoms with Gasteiger partial charge in [0.05, 0.1) is 0 Å². The summed E-state index contributed by atoms with van der Waals surface area (Å²) in [6.45, 7) is 0.532. The van der Waals surface area contributed by atoms with Crippen molar-refractivity contribution in [2.75, 3.05) is 5.32 Å². The molecule has 1 aliphatic rings. The number of aromatic nitrogens is 1. The second kappa shape index (κ2) is 5.49. The van der Waals surface area contributed by atoms with Crippen molar-refractivity contribution in [3.05, 3.63) is 53.2 Å². The van der Waals surface area contributed by atoms with E-state index in [1.165, 1.54) is 12.8 Å². The smallest absolute Gasteiger partial charge is 0.135 e. The van der Waals surface area contributed by atoms with Crippen LogP contribution in [0.2, 0.25) is 5.15 Å². The molecule has 0 aliphatic heterocycles. The van der Waals surface area contributed by atoms with Crippen LogP contribution in [0, 0.1) is 0 Å². The van der Waals surface area contributed by atoms with Crippen molar-refractivity contribution in [2.45, 2.75) is 25.5 Å². The van der Waals surface area contributed by atoms with E-state index in [-0.39, 0.29) is 0 Å². The van der Waals surface area contributed by atoms with Crippen molar-refractivity contribution < 1.29 is 4.74 Å². The summed E-state index contributed by atoms with van der Waals surface area (Å²) >= 11 is 6.00. The minimum Gasteiger partial charge on any atom is -0.489 e. The lowest BCUT2D eigenvalue weighted by Gasteiger charge is -2.09. The molecule has 1 aliphatic carbocycles. The average Bonchev–Trinajstić information content (AvgIpc) is 3.21. The molecule has 1 heterocycles. The van der Waals surface area contributed by atoms with E-state index >= 15 is 0 Å². The Morgan fingerprint density at radius 1 is 1.21 bits per heavy atom. The van der Waals surface area contributed by atoms with Crippen LogP contribution in [-0.4, -0.2) is 11.0 Å². The fraction of sp³-hybridized carbons (Fsp3) is 0.267. The third-order valence-corrected chi connectivity index (χ3v) is 3.14. The molecule has 1 fully saturated rings. The molecule has 4 heteroatoms. The topological polar surface area (TPSA) is 34.1 Å². The number of ether oxygens (including phenoxy) is 1. The predicted octanol–water partition coefficient (Wildman–Crippen LogP) is 3.89. The zero-order valence-corrected chi connectivity index (χ0v) is 11.2. The van der Waals surface area contributed by atoms with Gasteiger partial charge in [-0.15, -0.1) is 0 Å². The SMILES string of the molecule is Clc1cc(OCc2ccccc2)cc(NC2CC2)n1. The van der Waals surface area contributed by atoms with Crippen LogP contribution >= 0.6 is 11.6 Å². The first kappa shape index (κ1) is 12.3. The highest BCUT2D eigenvalue weighted by atomic mass is 35.5. The quantitative estimate of drug-likeness (QED) is 0.840. The van der Waals surface area contributed by atoms with Gasteiger partial charge < -0.3 is 10.1 Å². The summed E-state index contributed by atoms with van der Waals surface area (Å²) < 4.78 is 5.75. The molecule has 1 N–H and O–H groups in total. The Balaban J connectivity index is 1.67. The van der Waals surface area contributed by atoms with Crippen molar-refractivity contribution in [3.63, 3.8) is 0 Å². The van der Waals surface area contributed by atoms with E-state index in [0.29, 0.717) is 17.8 Å². The van der Waals surface area contributed by atoms with Crippen molar-refractivity contribution in [1.29, 1.82) is 0 Å². The minimum absolute atomic E-state index is 0.453. The highest BCUT2D eigenvalue weighted by Gasteiger charge is 2.21. The zero-order chi connectivity index (χ0) is 13.1. The predicted molar refractivity (Wildman–Crippen MR) is 76.7 cm³/mol. The van der Waals surface area contributed by atoms with Gasteiger partial charge in [-0.1, -0.05) is 41.9 Å². The van der Waals surface area contributed by atoms with Crippen LogP contribution in [0.4, 0.5) is 5.82 Å². The third kappa shape index (κ3) is 3.61. The summed E-state index contributed by atoms with van der Waals surface area (Å²) in [5.41, 5.74) is 1.13. The Labute approximate surface area is 117 Å². The maximum atomic E-state index is 6.00. The molecule has 3 rings (SSSR count). The number of hydrogen-bond acceptors (Lipinski definition) is 3. The molecule has 3 nitrogen and oxygen atoms in total. The molecule has 0 atom stereocenters. The number of hydrogen-bond donors (Lipinski definition) is 1. The number of benzene rings is 1. The number of pyridine rings is 1. The maximum Gasteiger partial charge on any atom is 0.135 e. The Hall–Kier alpha value is -1.74. The van der Waals surface area contributed by atoms with E-state index in [2.05, 4.69) is 10.3 Å². The molecule has 0 unspecified atom stereocenters. The largest absolute Gasteiger partial charge is 0.489 e. The number of rotatable bonds is 5. The lowest BCUT2D eigenvalue weighted by atomic mass is 10.2. The molecule has 0 radical (unpaired) electrons. The summed E-state index contributed by atoms with van der Waals surface area (Å²) in [7, 11) is 0. The van der Waals surface area contributed by atoms with Gasteiger partial charge in [-0.2, -0.15) is 0 Å². The second-order valence-corrected chi connectivity index (χ2v) is 5.09. The third-order valence-electron chi connectivity index (χ3n) is 2.95. The van der Waals surface area contributed by atoms with Crippen LogP contribution in [-0.2, 0) is 6.61 Å². The standard InChI is InChI=1S/C15H15ClN2O/c16-14-8-13(9-15(18-14)17-12-6-7-12)19-10-11-4-2-1-3-5-11/h1-5,8-9,12H,6-7,10H2,(H,17,18). The highest BCUT2D eigenvalue weighted by molar-refractivity contribution is 6.29. The molecule has 1 saturated carbocycles. The summed E-state index contributed by atoms with van der Waals surface area (Å²) in [6, 6.07) is 14.2. The van der Waals surface area contributed by atoms with E-state index in [9.17, 15) is 0 Å². The van der Waals surface area contributed by atoms with Gasteiger partial charge in [0.1, 0.15) is 23.3 Å². The van der Waals surface area contributed by atoms with Crippen molar-refractivity contribution in [1.82, 2.24) is 4.98 Å². The van der Waals surface area contributed by atoms with Crippen LogP contribution in [0.25, 0.3) is 0 Å². The molecule has 98 valence electrons. The molecule has 0 spiro atoms. The molecule has 0 amide bonds. The van der Waals surface area contributed by atoms with Crippen LogP contribution in [0.15, 0.2) is 42.5 Å². The fourth-order valence-electron chi connectivity index (χ4n) is 1.81. The van der Waals surface area contributed by atoms with Crippen LogP contribution in [0.5, 0.6) is 5.75 Å². The first-order valence-electron chi connectivity index (χ1n) is 6.40. The van der Waals surface area contributed by atoms with E-state index in [0.717, 1.165) is 17.1 Å². The molecule has 1 aromatic carbocycles. The molecule has 2 aromatic rings. The molecule has 0 bridgehead atoms. The number of anilines is 1. The van der Waals surface area contributed by atoms with Gasteiger partial charge in [-0.3, -0.25) is 0 Å². The van der Waals surface area contributed by atoms with Gasteiger partial charge >= 0.3 is 0 Å². The normalized spacial score (nSPS) is 14.2. The fourth-order valence-corrected chi connectivity index (χ4v) is 2.01. The number of nitrogens with zero attached hydrogens (tertiary/aromatic N) is 1. The lowest BCUT2D eigenvalue weighted by molar-refractivity contribution is 0.306. The Kier molecular flexibility index (Phi) is 3.56. The first-order chi connectivity index (χ1) is 9.29. The van der Waals surface area contributed by atoms with E-state index < -0.39 is 0 Å². The number of halogens is 1. The van der Waals surface area contributed by atoms with E-state index in [1.807, 2.05) is 36.4 Å². The van der Waals surface area contributed by atoms with E-state index in [1.54, 1.807) is 6.07 Å². The molecule has 19 heavy (non-hydrogen) atoms. The van der Waals surface area contributed by atoms with Crippen LogP contribution in [0.3, 0.4) is 0 Å². The van der Waals surface area contributed by atoms with Crippen molar-refractivity contribution in [3.8, 4) is 5.75 Å². The molecular formula is C15H15ClN2O. The van der Waals surface area contributed by atoms with Crippen molar-refractivity contribution in [2.24, 2.45) is 0 Å². The van der Waals surface area contributed by atoms with Gasteiger partial charge in [-0.05, 0) is 18.4 Å². The summed E-state index contributed by atoms with van der Waals surface area (Å²) in [5, 5.41) is 3.77. The molecular weight excluding hydrogens is 260 g/mol. The van der Waals surface area contributed by atoms with Gasteiger partial charge in [-0.25, -0.2) is 4.98 Å². The van der Waals surface area contributed by atoms with Crippen molar-refractivity contribution >= 4 is 17.4 Å². The van der Waals surface area contributed by atoms with Crippen LogP contribution < -0.4 is 10.1 Å². The Morgan fingerprint density at radius 3 is 2.74 bits per heavy atom. The Morgan fingerprint density at radius 2 is 2.00 bits per heavy atom. The Bertz CT molecular complexity index is 555. The van der Waals surface area contributed by atoms with Gasteiger partial charge in [0, 0.05) is 18.2 Å². The van der Waals surface area contributed by atoms with Gasteiger partial charge in [0.15, 0.2) is 0 Å². The van der Waals surface area contributed by atoms with Gasteiger partial charge in [0.2, 0.25) is 0 Å². The monoisotopic (exact) mass is 274 g/mol. The zero-order valence-electron chi connectivity index (χ0n) is 10.5. The lowest BCUT2D eigenvalue weighted by Crippen LogP contribution is -2.04. The first-order valence-corrected chi connectivity index (χ1v) is 6.78. The van der Waals surface area contributed by atoms with Crippen LogP contribution in [0.1, 0.15) is 18.4 Å². The minimum atomic E-state index is 0.453. The summed E-state index contributed by atoms with van der Waals surface area (Å²) in [5.74, 6) is 1.53. The maximum absolute atomic E-state index is 6.00. The van der Waals surface area contributed by atoms with Gasteiger partial charge in [0.25, 0.3) is 0 Å². The second-order valence-electron chi connectivity index (χ2n) is 4.70. The summed E-state index contributed by atoms with van der Waals surface area (Å²) in [4.78, 5) is 4.24. The molecule has 0 saturated heterocycles. The average molecular weight is 275 g/mol. The summed E-state index contributed by atoms with van der Waals surface area (Å²) in [6.07, 6.45) is 2.41. The highest BCUT2D eigenvalue weighted by Crippen LogP contribution is 2.27. The molecule has 1 aromatic heterocycles.